The Bertz CT molecular complexity index is 1070. The van der Waals surface area contributed by atoms with Gasteiger partial charge in [-0.05, 0) is 62.4 Å². The zero-order chi connectivity index (χ0) is 22.0. The van der Waals surface area contributed by atoms with Crippen molar-refractivity contribution in [3.05, 3.63) is 52.1 Å². The molecule has 1 aliphatic rings. The predicted molar refractivity (Wildman–Crippen MR) is 110 cm³/mol. The summed E-state index contributed by atoms with van der Waals surface area (Å²) in [5.74, 6) is -1.56. The zero-order valence-corrected chi connectivity index (χ0v) is 17.3. The lowest BCUT2D eigenvalue weighted by Gasteiger charge is -2.13. The molecule has 1 N–H and O–H groups in total. The Morgan fingerprint density at radius 3 is 2.63 bits per heavy atom. The monoisotopic (exact) mass is 429 g/mol. The van der Waals surface area contributed by atoms with Crippen molar-refractivity contribution in [1.29, 1.82) is 0 Å². The van der Waals surface area contributed by atoms with Crippen LogP contribution in [0.4, 0.5) is 4.79 Å². The molecular weight excluding hydrogens is 410 g/mol. The minimum Gasteiger partial charge on any atom is -0.478 e. The van der Waals surface area contributed by atoms with Gasteiger partial charge in [-0.25, -0.2) is 4.79 Å². The summed E-state index contributed by atoms with van der Waals surface area (Å²) >= 11 is 0.705. The summed E-state index contributed by atoms with van der Waals surface area (Å²) in [5.41, 5.74) is 1.56. The number of hydrogen-bond acceptors (Lipinski definition) is 7. The molecule has 1 aliphatic heterocycles. The van der Waals surface area contributed by atoms with Crippen LogP contribution in [0.2, 0.25) is 0 Å². The molecule has 0 bridgehead atoms. The lowest BCUT2D eigenvalue weighted by atomic mass is 10.0. The average molecular weight is 429 g/mol. The van der Waals surface area contributed by atoms with Crippen LogP contribution in [-0.4, -0.2) is 45.7 Å². The second-order valence-electron chi connectivity index (χ2n) is 6.84. The fraction of sp³-hybridized carbons (Fsp3) is 0.238. The molecule has 1 aromatic carbocycles. The first-order valence-electron chi connectivity index (χ1n) is 9.04. The molecule has 3 rings (SSSR count). The molecule has 2 heterocycles. The first kappa shape index (κ1) is 21.4. The van der Waals surface area contributed by atoms with Crippen molar-refractivity contribution in [2.45, 2.75) is 26.9 Å². The van der Waals surface area contributed by atoms with Gasteiger partial charge in [-0.2, -0.15) is 0 Å². The third kappa shape index (κ3) is 4.62. The van der Waals surface area contributed by atoms with E-state index in [1.54, 1.807) is 32.0 Å². The largest absolute Gasteiger partial charge is 0.478 e. The fourth-order valence-electron chi connectivity index (χ4n) is 2.79. The first-order valence-corrected chi connectivity index (χ1v) is 9.86. The average Bonchev–Trinajstić information content (AvgIpc) is 3.22. The van der Waals surface area contributed by atoms with E-state index in [0.29, 0.717) is 28.8 Å². The maximum absolute atomic E-state index is 12.5. The molecule has 0 radical (unpaired) electrons. The highest BCUT2D eigenvalue weighted by atomic mass is 32.2. The minimum absolute atomic E-state index is 0.120. The van der Waals surface area contributed by atoms with E-state index in [4.69, 9.17) is 9.15 Å². The van der Waals surface area contributed by atoms with Gasteiger partial charge in [-0.1, -0.05) is 6.07 Å². The predicted octanol–water partition coefficient (Wildman–Crippen LogP) is 3.94. The number of thioether (sulfide) groups is 1. The van der Waals surface area contributed by atoms with Gasteiger partial charge in [-0.3, -0.25) is 19.3 Å². The molecule has 9 heteroatoms. The van der Waals surface area contributed by atoms with Crippen LogP contribution in [0.15, 0.2) is 39.7 Å². The van der Waals surface area contributed by atoms with E-state index in [1.165, 1.54) is 18.2 Å². The first-order chi connectivity index (χ1) is 14.2. The number of esters is 1. The van der Waals surface area contributed by atoms with Crippen LogP contribution in [0.25, 0.3) is 17.4 Å². The number of nitrogens with zero attached hydrogens (tertiary/aromatic N) is 1. The summed E-state index contributed by atoms with van der Waals surface area (Å²) in [4.78, 5) is 48.5. The lowest BCUT2D eigenvalue weighted by molar-refractivity contribution is -0.149. The molecular formula is C21H19NO7S. The Balaban J connectivity index is 1.81. The number of imide groups is 1. The lowest BCUT2D eigenvalue weighted by Crippen LogP contribution is -2.35. The van der Waals surface area contributed by atoms with Crippen molar-refractivity contribution >= 4 is 40.9 Å². The molecule has 156 valence electrons. The van der Waals surface area contributed by atoms with Gasteiger partial charge in [0.2, 0.25) is 0 Å². The maximum atomic E-state index is 12.5. The van der Waals surface area contributed by atoms with Crippen molar-refractivity contribution in [3.63, 3.8) is 0 Å². The number of aryl methyl sites for hydroxylation is 1. The van der Waals surface area contributed by atoms with Crippen molar-refractivity contribution in [1.82, 2.24) is 4.90 Å². The molecule has 1 saturated heterocycles. The zero-order valence-electron chi connectivity index (χ0n) is 16.5. The Hall–Kier alpha value is -3.33. The summed E-state index contributed by atoms with van der Waals surface area (Å²) < 4.78 is 10.7. The van der Waals surface area contributed by atoms with E-state index in [0.717, 1.165) is 10.5 Å². The van der Waals surface area contributed by atoms with Crippen LogP contribution in [0.5, 0.6) is 0 Å². The number of aromatic carboxylic acids is 1. The Morgan fingerprint density at radius 1 is 1.23 bits per heavy atom. The normalized spacial score (nSPS) is 15.3. The minimum atomic E-state index is -1.05. The van der Waals surface area contributed by atoms with Gasteiger partial charge in [0.05, 0.1) is 16.6 Å². The number of carboxylic acid groups (broad SMARTS) is 1. The number of ether oxygens (including phenoxy) is 1. The number of carbonyl (C=O) groups excluding carboxylic acids is 3. The summed E-state index contributed by atoms with van der Waals surface area (Å²) in [5, 5.41) is 8.62. The Morgan fingerprint density at radius 2 is 1.97 bits per heavy atom. The summed E-state index contributed by atoms with van der Waals surface area (Å²) in [6, 6.07) is 7.97. The third-order valence-corrected chi connectivity index (χ3v) is 5.09. The quantitative estimate of drug-likeness (QED) is 0.542. The van der Waals surface area contributed by atoms with Crippen LogP contribution < -0.4 is 0 Å². The van der Waals surface area contributed by atoms with Crippen molar-refractivity contribution in [3.8, 4) is 11.3 Å². The van der Waals surface area contributed by atoms with Gasteiger partial charge < -0.3 is 14.3 Å². The van der Waals surface area contributed by atoms with Gasteiger partial charge in [0, 0.05) is 11.6 Å². The molecule has 30 heavy (non-hydrogen) atoms. The topological polar surface area (TPSA) is 114 Å². The maximum Gasteiger partial charge on any atom is 0.335 e. The third-order valence-electron chi connectivity index (χ3n) is 4.18. The highest BCUT2D eigenvalue weighted by Gasteiger charge is 2.37. The smallest absolute Gasteiger partial charge is 0.335 e. The van der Waals surface area contributed by atoms with E-state index >= 15 is 0 Å². The van der Waals surface area contributed by atoms with Crippen LogP contribution in [0.3, 0.4) is 0 Å². The number of furan rings is 1. The van der Waals surface area contributed by atoms with Crippen LogP contribution in [0.1, 0.15) is 35.5 Å². The van der Waals surface area contributed by atoms with Gasteiger partial charge in [-0.15, -0.1) is 0 Å². The van der Waals surface area contributed by atoms with Gasteiger partial charge in [0.1, 0.15) is 18.1 Å². The number of carbonyl (C=O) groups is 4. The molecule has 2 amide bonds. The molecule has 1 aromatic heterocycles. The Kier molecular flexibility index (Phi) is 6.12. The molecule has 0 saturated carbocycles. The van der Waals surface area contributed by atoms with E-state index in [9.17, 15) is 24.3 Å². The van der Waals surface area contributed by atoms with E-state index in [1.807, 2.05) is 6.92 Å². The standard InChI is InChI=1S/C21H19NO7S/c1-11(2)28-18(23)10-22-19(24)17(30-21(22)27)9-14-6-7-16(29-14)15-8-13(20(25)26)5-4-12(15)3/h4-9,11H,10H2,1-3H3,(H,25,26)/b17-9-. The van der Waals surface area contributed by atoms with Crippen molar-refractivity contribution in [2.75, 3.05) is 6.54 Å². The highest BCUT2D eigenvalue weighted by Crippen LogP contribution is 2.34. The summed E-state index contributed by atoms with van der Waals surface area (Å²) in [7, 11) is 0. The Labute approximate surface area is 176 Å². The van der Waals surface area contributed by atoms with E-state index in [-0.39, 0.29) is 16.6 Å². The molecule has 8 nitrogen and oxygen atoms in total. The number of carboxylic acids is 1. The van der Waals surface area contributed by atoms with Gasteiger partial charge >= 0.3 is 11.9 Å². The second kappa shape index (κ2) is 8.58. The number of hydrogen-bond donors (Lipinski definition) is 1. The number of benzene rings is 1. The molecule has 0 spiro atoms. The van der Waals surface area contributed by atoms with Crippen LogP contribution in [-0.2, 0) is 14.3 Å². The van der Waals surface area contributed by atoms with Crippen LogP contribution in [0, 0.1) is 6.92 Å². The van der Waals surface area contributed by atoms with E-state index in [2.05, 4.69) is 0 Å². The molecule has 0 unspecified atom stereocenters. The van der Waals surface area contributed by atoms with Crippen molar-refractivity contribution in [2.24, 2.45) is 0 Å². The molecule has 0 aliphatic carbocycles. The number of amides is 2. The molecule has 1 fully saturated rings. The summed E-state index contributed by atoms with van der Waals surface area (Å²) in [6.45, 7) is 4.72. The van der Waals surface area contributed by atoms with Gasteiger partial charge in [0.15, 0.2) is 0 Å². The van der Waals surface area contributed by atoms with Gasteiger partial charge in [0.25, 0.3) is 11.1 Å². The number of rotatable bonds is 6. The molecule has 0 atom stereocenters. The second-order valence-corrected chi connectivity index (χ2v) is 7.84. The molecule has 2 aromatic rings. The van der Waals surface area contributed by atoms with Crippen molar-refractivity contribution < 1.29 is 33.4 Å². The summed E-state index contributed by atoms with van der Waals surface area (Å²) in [6.07, 6.45) is 1.07. The fourth-order valence-corrected chi connectivity index (χ4v) is 3.61. The SMILES string of the molecule is Cc1ccc(C(=O)O)cc1-c1ccc(/C=C2\SC(=O)N(CC(=O)OC(C)C)C2=O)o1. The highest BCUT2D eigenvalue weighted by molar-refractivity contribution is 8.18. The van der Waals surface area contributed by atoms with E-state index < -0.39 is 29.6 Å². The van der Waals surface area contributed by atoms with Crippen LogP contribution >= 0.6 is 11.8 Å².